The second-order valence-corrected chi connectivity index (χ2v) is 14.2. The third-order valence-electron chi connectivity index (χ3n) is 7.05. The van der Waals surface area contributed by atoms with Gasteiger partial charge in [0.1, 0.15) is 0 Å². The van der Waals surface area contributed by atoms with Crippen molar-refractivity contribution in [1.82, 2.24) is 2.89 Å². The van der Waals surface area contributed by atoms with E-state index in [4.69, 9.17) is 0 Å². The molecule has 2 aromatic carbocycles. The summed E-state index contributed by atoms with van der Waals surface area (Å²) in [4.78, 5) is 0. The molecule has 0 spiro atoms. The van der Waals surface area contributed by atoms with E-state index in [1.165, 1.54) is 60.8 Å². The van der Waals surface area contributed by atoms with E-state index in [1.807, 2.05) is 36.4 Å². The molecule has 3 heteroatoms. The zero-order chi connectivity index (χ0) is 30.8. The van der Waals surface area contributed by atoms with Crippen molar-refractivity contribution in [2.24, 2.45) is 0 Å². The molecule has 0 bridgehead atoms. The predicted octanol–water partition coefficient (Wildman–Crippen LogP) is 10.8. The van der Waals surface area contributed by atoms with Crippen LogP contribution in [-0.2, 0) is 26.2 Å². The van der Waals surface area contributed by atoms with Crippen LogP contribution in [0.15, 0.2) is 108 Å². The van der Waals surface area contributed by atoms with Gasteiger partial charge in [-0.05, 0) is 11.1 Å². The van der Waals surface area contributed by atoms with Crippen molar-refractivity contribution >= 4 is 36.8 Å². The van der Waals surface area contributed by atoms with Gasteiger partial charge < -0.3 is 0 Å². The molecule has 2 aliphatic rings. The Labute approximate surface area is 300 Å². The van der Waals surface area contributed by atoms with E-state index in [1.54, 1.807) is 0 Å². The van der Waals surface area contributed by atoms with Gasteiger partial charge in [-0.15, -0.1) is 12.8 Å². The Morgan fingerprint density at radius 3 is 1.30 bits per heavy atom. The average molecular weight is 757 g/mol. The maximum Gasteiger partial charge on any atom is 2.00 e. The van der Waals surface area contributed by atoms with E-state index >= 15 is 0 Å². The summed E-state index contributed by atoms with van der Waals surface area (Å²) in [6.45, 7) is 13.5. The molecule has 228 valence electrons. The molecule has 43 heavy (non-hydrogen) atoms. The zero-order valence-electron chi connectivity index (χ0n) is 28.2. The van der Waals surface area contributed by atoms with Crippen molar-refractivity contribution in [3.05, 3.63) is 132 Å². The molecule has 0 aliphatic heterocycles. The first kappa shape index (κ1) is 41.6. The number of benzene rings is 2. The second kappa shape index (κ2) is 28.1. The number of nitrogens with zero attached hydrogens (tertiary/aromatic N) is 1. The Balaban J connectivity index is 0.000000571. The molecule has 0 aromatic heterocycles. The van der Waals surface area contributed by atoms with Crippen molar-refractivity contribution in [3.63, 3.8) is 0 Å². The van der Waals surface area contributed by atoms with Crippen LogP contribution in [0.4, 0.5) is 0 Å². The Morgan fingerprint density at radius 1 is 0.674 bits per heavy atom. The molecule has 1 nitrogen and oxygen atoms in total. The maximum atomic E-state index is 3.30. The molecule has 0 saturated carbocycles. The van der Waals surface area contributed by atoms with Crippen LogP contribution in [0.5, 0.6) is 0 Å². The van der Waals surface area contributed by atoms with Gasteiger partial charge in [-0.25, -0.2) is 23.3 Å². The molecular formula is C40H56InNZr. The average Bonchev–Trinajstić information content (AvgIpc) is 3.74. The number of hydrogen-bond acceptors (Lipinski definition) is 1. The van der Waals surface area contributed by atoms with E-state index in [9.17, 15) is 0 Å². The summed E-state index contributed by atoms with van der Waals surface area (Å²) < 4.78 is 2.54. The van der Waals surface area contributed by atoms with Crippen LogP contribution in [-0.4, -0.2) is 39.6 Å². The van der Waals surface area contributed by atoms with E-state index in [0.29, 0.717) is 24.7 Å². The van der Waals surface area contributed by atoms with Crippen LogP contribution in [0.2, 0.25) is 0 Å². The second-order valence-electron chi connectivity index (χ2n) is 11.2. The number of rotatable bonds is 11. The number of unbranched alkanes of at least 4 members (excludes halogenated alkanes) is 2. The van der Waals surface area contributed by atoms with Crippen molar-refractivity contribution in [2.45, 2.75) is 105 Å². The number of hydrogen-bond donors (Lipinski definition) is 0. The summed E-state index contributed by atoms with van der Waals surface area (Å²) in [5.41, 5.74) is 5.27. The smallest absolute Gasteiger partial charge is 0.269 e. The largest absolute Gasteiger partial charge is 2.00 e. The summed E-state index contributed by atoms with van der Waals surface area (Å²) >= 11 is 0.701. The topological polar surface area (TPSA) is 3.24 Å². The molecule has 0 atom stereocenters. The van der Waals surface area contributed by atoms with Crippen LogP contribution in [0, 0.1) is 12.2 Å². The Hall–Kier alpha value is -1.41. The molecule has 2 aromatic rings. The van der Waals surface area contributed by atoms with Gasteiger partial charge >= 0.3 is 93.5 Å². The SMILES string of the molecule is C(C=Cc1ccccc1)=Cc1ccccc1.CC(C)[N]([InH2])C(C)C.CCCCC1=[C-]CC=C1.CCCCC1=[C-]CC=C1.[Zr+2]. The van der Waals surface area contributed by atoms with Crippen molar-refractivity contribution in [1.29, 1.82) is 0 Å². The minimum absolute atomic E-state index is 0. The zero-order valence-corrected chi connectivity index (χ0v) is 36.3. The Kier molecular flexibility index (Phi) is 27.2. The normalized spacial score (nSPS) is 13.2. The Bertz CT molecular complexity index is 1020. The van der Waals surface area contributed by atoms with Crippen LogP contribution < -0.4 is 0 Å². The van der Waals surface area contributed by atoms with Crippen molar-refractivity contribution in [2.75, 3.05) is 0 Å². The molecule has 4 rings (SSSR count). The first-order chi connectivity index (χ1) is 20.4. The predicted molar refractivity (Wildman–Crippen MR) is 192 cm³/mol. The molecule has 0 amide bonds. The molecule has 0 fully saturated rings. The van der Waals surface area contributed by atoms with E-state index in [-0.39, 0.29) is 26.2 Å². The number of allylic oxidation sites excluding steroid dienone is 10. The van der Waals surface area contributed by atoms with Crippen LogP contribution >= 0.6 is 0 Å². The quantitative estimate of drug-likeness (QED) is 0.163. The van der Waals surface area contributed by atoms with E-state index in [2.05, 4.69) is 129 Å². The van der Waals surface area contributed by atoms with E-state index < -0.39 is 0 Å². The molecule has 2 aliphatic carbocycles. The first-order valence-corrected chi connectivity index (χ1v) is 18.6. The van der Waals surface area contributed by atoms with Gasteiger partial charge in [-0.1, -0.05) is 137 Å². The first-order valence-electron chi connectivity index (χ1n) is 16.1. The van der Waals surface area contributed by atoms with E-state index in [0.717, 1.165) is 24.9 Å². The summed E-state index contributed by atoms with van der Waals surface area (Å²) in [7, 11) is 0. The summed E-state index contributed by atoms with van der Waals surface area (Å²) in [6, 6.07) is 22.1. The standard InChI is InChI=1S/C16H14.2C9H13.C6H14N.In.Zr.2H/c1-3-9-15(10-4-1)13-7-8-14-16-11-5-2-6-12-16;2*1-2-3-6-9-7-4-5-8-9;1-5(2)7-6(3)4;;;;/h1-14H;2*4,7H,2-3,5-6H2,1H3;5-6H,1-4H3;;;;/q;3*-1;+1;+2;;. The van der Waals surface area contributed by atoms with Gasteiger partial charge in [0.05, 0.1) is 0 Å². The summed E-state index contributed by atoms with van der Waals surface area (Å²) in [6.07, 6.45) is 33.4. The molecule has 0 N–H and O–H groups in total. The third kappa shape index (κ3) is 22.7. The van der Waals surface area contributed by atoms with Gasteiger partial charge in [0.2, 0.25) is 0 Å². The van der Waals surface area contributed by atoms with Crippen molar-refractivity contribution in [3.8, 4) is 0 Å². The monoisotopic (exact) mass is 755 g/mol. The third-order valence-corrected chi connectivity index (χ3v) is 12.9. The van der Waals surface area contributed by atoms with Gasteiger partial charge in [0.25, 0.3) is 0 Å². The fourth-order valence-electron chi connectivity index (χ4n) is 4.04. The summed E-state index contributed by atoms with van der Waals surface area (Å²) in [5, 5.41) is 0. The van der Waals surface area contributed by atoms with Gasteiger partial charge in [0, 0.05) is 0 Å². The van der Waals surface area contributed by atoms with Crippen LogP contribution in [0.3, 0.4) is 0 Å². The molecular weight excluding hydrogens is 700 g/mol. The molecule has 0 saturated heterocycles. The fraction of sp³-hybridized carbons (Fsp3) is 0.400. The van der Waals surface area contributed by atoms with Crippen LogP contribution in [0.1, 0.15) is 104 Å². The minimum atomic E-state index is 0. The molecule has 0 unspecified atom stereocenters. The molecule has 0 radical (unpaired) electrons. The van der Waals surface area contributed by atoms with Gasteiger partial charge in [-0.2, -0.15) is 12.2 Å². The maximum absolute atomic E-state index is 3.30. The van der Waals surface area contributed by atoms with Crippen LogP contribution in [0.25, 0.3) is 12.2 Å². The minimum Gasteiger partial charge on any atom is -0.269 e. The fourth-order valence-corrected chi connectivity index (χ4v) is 4.04. The van der Waals surface area contributed by atoms with Gasteiger partial charge in [0.15, 0.2) is 0 Å². The Morgan fingerprint density at radius 2 is 1.05 bits per heavy atom. The van der Waals surface area contributed by atoms with Gasteiger partial charge in [-0.3, -0.25) is 12.2 Å². The molecule has 0 heterocycles. The summed E-state index contributed by atoms with van der Waals surface area (Å²) in [5.74, 6) is 0. The van der Waals surface area contributed by atoms with Crippen molar-refractivity contribution < 1.29 is 26.2 Å².